The zero-order chi connectivity index (χ0) is 14.7. The van der Waals surface area contributed by atoms with Gasteiger partial charge in [0.05, 0.1) is 6.04 Å². The van der Waals surface area contributed by atoms with Crippen LogP contribution in [0.2, 0.25) is 0 Å². The molecule has 2 unspecified atom stereocenters. The molecule has 20 heavy (non-hydrogen) atoms. The third-order valence-electron chi connectivity index (χ3n) is 3.49. The summed E-state index contributed by atoms with van der Waals surface area (Å²) in [6.45, 7) is 4.90. The van der Waals surface area contributed by atoms with Gasteiger partial charge in [-0.15, -0.1) is 11.3 Å². The van der Waals surface area contributed by atoms with E-state index in [9.17, 15) is 4.39 Å². The maximum atomic E-state index is 13.0. The molecule has 2 rings (SSSR count). The van der Waals surface area contributed by atoms with Crippen molar-refractivity contribution in [1.29, 1.82) is 0 Å². The Labute approximate surface area is 124 Å². The number of nitrogens with two attached hydrogens (primary N) is 1. The Bertz CT molecular complexity index is 548. The number of hydrogen-bond donors (Lipinski definition) is 1. The van der Waals surface area contributed by atoms with Crippen LogP contribution in [0.15, 0.2) is 35.7 Å². The number of benzene rings is 1. The van der Waals surface area contributed by atoms with Crippen molar-refractivity contribution in [3.05, 3.63) is 57.5 Å². The van der Waals surface area contributed by atoms with Crippen molar-refractivity contribution in [2.45, 2.75) is 32.5 Å². The highest BCUT2D eigenvalue weighted by molar-refractivity contribution is 7.10. The van der Waals surface area contributed by atoms with Gasteiger partial charge in [-0.25, -0.2) is 4.39 Å². The van der Waals surface area contributed by atoms with E-state index in [4.69, 9.17) is 5.73 Å². The Balaban J connectivity index is 2.18. The number of likely N-dealkylation sites (N-methyl/N-ethyl adjacent to an activating group) is 1. The van der Waals surface area contributed by atoms with E-state index in [1.54, 1.807) is 11.3 Å². The molecule has 2 N–H and O–H groups in total. The number of thiophene rings is 1. The molecule has 2 nitrogen and oxygen atoms in total. The van der Waals surface area contributed by atoms with Crippen LogP contribution in [0.25, 0.3) is 0 Å². The first-order valence-corrected chi connectivity index (χ1v) is 7.61. The monoisotopic (exact) mass is 292 g/mol. The summed E-state index contributed by atoms with van der Waals surface area (Å²) in [7, 11) is 2.07. The molecule has 1 aromatic carbocycles. The summed E-state index contributed by atoms with van der Waals surface area (Å²) in [5.41, 5.74) is 8.55. The standard InChI is InChI=1S/C16H21FN2S/c1-11-8-9-20-16(11)15(12(2)18)19(3)10-13-4-6-14(17)7-5-13/h4-9,12,15H,10,18H2,1-3H3. The van der Waals surface area contributed by atoms with Crippen molar-refractivity contribution >= 4 is 11.3 Å². The lowest BCUT2D eigenvalue weighted by atomic mass is 10.0. The number of aryl methyl sites for hydroxylation is 1. The molecule has 0 aliphatic rings. The van der Waals surface area contributed by atoms with E-state index in [-0.39, 0.29) is 17.9 Å². The molecule has 0 spiro atoms. The molecule has 0 saturated heterocycles. The van der Waals surface area contributed by atoms with Gasteiger partial charge in [0.1, 0.15) is 5.82 Å². The fourth-order valence-corrected chi connectivity index (χ4v) is 3.71. The van der Waals surface area contributed by atoms with Crippen molar-refractivity contribution in [2.24, 2.45) is 5.73 Å². The number of nitrogens with zero attached hydrogens (tertiary/aromatic N) is 1. The topological polar surface area (TPSA) is 29.3 Å². The van der Waals surface area contributed by atoms with Gasteiger partial charge in [-0.1, -0.05) is 12.1 Å². The first-order chi connectivity index (χ1) is 9.49. The smallest absolute Gasteiger partial charge is 0.123 e. The van der Waals surface area contributed by atoms with Crippen LogP contribution in [0.4, 0.5) is 4.39 Å². The van der Waals surface area contributed by atoms with Crippen molar-refractivity contribution in [2.75, 3.05) is 7.05 Å². The van der Waals surface area contributed by atoms with Crippen molar-refractivity contribution in [3.63, 3.8) is 0 Å². The molecule has 0 amide bonds. The zero-order valence-electron chi connectivity index (χ0n) is 12.1. The van der Waals surface area contributed by atoms with E-state index in [2.05, 4.69) is 30.3 Å². The highest BCUT2D eigenvalue weighted by Gasteiger charge is 2.23. The minimum atomic E-state index is -0.200. The second-order valence-electron chi connectivity index (χ2n) is 5.31. The SMILES string of the molecule is Cc1ccsc1C(C(C)N)N(C)Cc1ccc(F)cc1. The molecule has 0 aliphatic carbocycles. The van der Waals surface area contributed by atoms with Gasteiger partial charge in [-0.2, -0.15) is 0 Å². The van der Waals surface area contributed by atoms with Gasteiger partial charge in [-0.05, 0) is 55.6 Å². The van der Waals surface area contributed by atoms with Crippen LogP contribution in [0.5, 0.6) is 0 Å². The predicted molar refractivity (Wildman–Crippen MR) is 83.3 cm³/mol. The van der Waals surface area contributed by atoms with Crippen LogP contribution in [-0.2, 0) is 6.54 Å². The highest BCUT2D eigenvalue weighted by atomic mass is 32.1. The van der Waals surface area contributed by atoms with Gasteiger partial charge in [0.2, 0.25) is 0 Å². The third kappa shape index (κ3) is 3.45. The second-order valence-corrected chi connectivity index (χ2v) is 6.26. The maximum absolute atomic E-state index is 13.0. The van der Waals surface area contributed by atoms with Crippen LogP contribution in [0, 0.1) is 12.7 Å². The Morgan fingerprint density at radius 1 is 1.25 bits per heavy atom. The van der Waals surface area contributed by atoms with Crippen LogP contribution >= 0.6 is 11.3 Å². The summed E-state index contributed by atoms with van der Waals surface area (Å²) in [6.07, 6.45) is 0. The van der Waals surface area contributed by atoms with E-state index in [0.717, 1.165) is 12.1 Å². The minimum Gasteiger partial charge on any atom is -0.326 e. The summed E-state index contributed by atoms with van der Waals surface area (Å²) in [6, 6.07) is 9.00. The first-order valence-electron chi connectivity index (χ1n) is 6.73. The van der Waals surface area contributed by atoms with Gasteiger partial charge >= 0.3 is 0 Å². The lowest BCUT2D eigenvalue weighted by Crippen LogP contribution is -2.36. The van der Waals surface area contributed by atoms with E-state index in [1.165, 1.54) is 22.6 Å². The van der Waals surface area contributed by atoms with Gasteiger partial charge in [0.25, 0.3) is 0 Å². The van der Waals surface area contributed by atoms with Crippen LogP contribution in [0.3, 0.4) is 0 Å². The largest absolute Gasteiger partial charge is 0.326 e. The fraction of sp³-hybridized carbons (Fsp3) is 0.375. The quantitative estimate of drug-likeness (QED) is 0.910. The van der Waals surface area contributed by atoms with Crippen molar-refractivity contribution in [3.8, 4) is 0 Å². The van der Waals surface area contributed by atoms with Crippen LogP contribution in [-0.4, -0.2) is 18.0 Å². The zero-order valence-corrected chi connectivity index (χ0v) is 13.0. The molecule has 0 radical (unpaired) electrons. The van der Waals surface area contributed by atoms with Gasteiger partial charge in [-0.3, -0.25) is 4.90 Å². The molecule has 0 saturated carbocycles. The summed E-state index contributed by atoms with van der Waals surface area (Å²) < 4.78 is 13.0. The minimum absolute atomic E-state index is 0.0396. The molecule has 0 aliphatic heterocycles. The van der Waals surface area contributed by atoms with Crippen molar-refractivity contribution < 1.29 is 4.39 Å². The normalized spacial score (nSPS) is 14.5. The first kappa shape index (κ1) is 15.2. The molecule has 4 heteroatoms. The Morgan fingerprint density at radius 3 is 2.40 bits per heavy atom. The number of halogens is 1. The molecule has 1 aromatic heterocycles. The van der Waals surface area contributed by atoms with Gasteiger partial charge in [0, 0.05) is 17.5 Å². The lowest BCUT2D eigenvalue weighted by molar-refractivity contribution is 0.213. The molecule has 1 heterocycles. The molecule has 0 bridgehead atoms. The van der Waals surface area contributed by atoms with Crippen molar-refractivity contribution in [1.82, 2.24) is 4.90 Å². The predicted octanol–water partition coefficient (Wildman–Crippen LogP) is 3.72. The average molecular weight is 292 g/mol. The Morgan fingerprint density at radius 2 is 1.90 bits per heavy atom. The summed E-state index contributed by atoms with van der Waals surface area (Å²) in [5.74, 6) is -0.200. The fourth-order valence-electron chi connectivity index (χ4n) is 2.50. The molecule has 108 valence electrons. The average Bonchev–Trinajstić information content (AvgIpc) is 2.78. The van der Waals surface area contributed by atoms with E-state index < -0.39 is 0 Å². The molecule has 2 aromatic rings. The summed E-state index contributed by atoms with van der Waals surface area (Å²) in [5, 5.41) is 2.10. The molecular weight excluding hydrogens is 271 g/mol. The maximum Gasteiger partial charge on any atom is 0.123 e. The second kappa shape index (κ2) is 6.48. The van der Waals surface area contributed by atoms with E-state index >= 15 is 0 Å². The van der Waals surface area contributed by atoms with E-state index in [1.807, 2.05) is 19.1 Å². The van der Waals surface area contributed by atoms with Crippen LogP contribution < -0.4 is 5.73 Å². The number of hydrogen-bond acceptors (Lipinski definition) is 3. The number of rotatable bonds is 5. The highest BCUT2D eigenvalue weighted by Crippen LogP contribution is 2.30. The third-order valence-corrected chi connectivity index (χ3v) is 4.58. The lowest BCUT2D eigenvalue weighted by Gasteiger charge is -2.31. The van der Waals surface area contributed by atoms with Crippen LogP contribution in [0.1, 0.15) is 29.0 Å². The molecule has 2 atom stereocenters. The van der Waals surface area contributed by atoms with Gasteiger partial charge < -0.3 is 5.73 Å². The Hall–Kier alpha value is -1.23. The summed E-state index contributed by atoms with van der Waals surface area (Å²) >= 11 is 1.75. The molecular formula is C16H21FN2S. The van der Waals surface area contributed by atoms with Gasteiger partial charge in [0.15, 0.2) is 0 Å². The summed E-state index contributed by atoms with van der Waals surface area (Å²) in [4.78, 5) is 3.54. The molecule has 0 fully saturated rings. The van der Waals surface area contributed by atoms with E-state index in [0.29, 0.717) is 0 Å². The Kier molecular flexibility index (Phi) is 4.91.